The first-order valence-electron chi connectivity index (χ1n) is 5.26. The van der Waals surface area contributed by atoms with Crippen LogP contribution < -0.4 is 0 Å². The molecule has 0 atom stereocenters. The summed E-state index contributed by atoms with van der Waals surface area (Å²) in [4.78, 5) is 1.50. The fraction of sp³-hybridized carbons (Fsp3) is 0.385. The molecule has 1 aromatic carbocycles. The van der Waals surface area contributed by atoms with Gasteiger partial charge in [0.1, 0.15) is 0 Å². The van der Waals surface area contributed by atoms with Gasteiger partial charge in [0.2, 0.25) is 0 Å². The lowest BCUT2D eigenvalue weighted by atomic mass is 10.0. The van der Waals surface area contributed by atoms with E-state index in [0.29, 0.717) is 0 Å². The van der Waals surface area contributed by atoms with E-state index in [-0.39, 0.29) is 0 Å². The van der Waals surface area contributed by atoms with Crippen molar-refractivity contribution in [1.29, 1.82) is 0 Å². The van der Waals surface area contributed by atoms with Gasteiger partial charge in [-0.05, 0) is 49.1 Å². The maximum absolute atomic E-state index is 2.38. The van der Waals surface area contributed by atoms with Gasteiger partial charge in [0.15, 0.2) is 0 Å². The summed E-state index contributed by atoms with van der Waals surface area (Å²) in [6, 6.07) is 6.93. The highest BCUT2D eigenvalue weighted by atomic mass is 32.2. The number of rotatable bonds is 2. The molecule has 1 aliphatic heterocycles. The van der Waals surface area contributed by atoms with Crippen molar-refractivity contribution in [3.8, 4) is 0 Å². The summed E-state index contributed by atoms with van der Waals surface area (Å²) in [7, 11) is 0. The molecule has 0 aromatic heterocycles. The Hall–Kier alpha value is -0.690. The van der Waals surface area contributed by atoms with Crippen LogP contribution in [0.4, 0.5) is 0 Å². The first-order valence-corrected chi connectivity index (χ1v) is 6.24. The monoisotopic (exact) mass is 204 g/mol. The molecule has 0 amide bonds. The molecule has 0 saturated heterocycles. The zero-order chi connectivity index (χ0) is 9.80. The summed E-state index contributed by atoms with van der Waals surface area (Å²) in [5, 5.41) is 0. The predicted molar refractivity (Wildman–Crippen MR) is 64.0 cm³/mol. The molecule has 0 spiro atoms. The number of hydrogen-bond acceptors (Lipinski definition) is 1. The second kappa shape index (κ2) is 4.70. The van der Waals surface area contributed by atoms with E-state index in [1.165, 1.54) is 29.1 Å². The van der Waals surface area contributed by atoms with E-state index in [1.54, 1.807) is 5.56 Å². The van der Waals surface area contributed by atoms with E-state index in [2.05, 4.69) is 37.3 Å². The molecule has 0 bridgehead atoms. The zero-order valence-corrected chi connectivity index (χ0v) is 9.44. The minimum atomic E-state index is 1.08. The molecule has 1 heteroatoms. The third-order valence-corrected chi connectivity index (χ3v) is 3.76. The molecule has 14 heavy (non-hydrogen) atoms. The average molecular weight is 204 g/mol. The van der Waals surface area contributed by atoms with E-state index in [0.717, 1.165) is 6.42 Å². The maximum atomic E-state index is 2.38. The maximum Gasteiger partial charge on any atom is 0.0104 e. The third kappa shape index (κ3) is 2.21. The van der Waals surface area contributed by atoms with Crippen LogP contribution in [0.1, 0.15) is 24.5 Å². The van der Waals surface area contributed by atoms with Gasteiger partial charge in [-0.2, -0.15) is 0 Å². The van der Waals surface area contributed by atoms with Crippen LogP contribution >= 0.6 is 11.8 Å². The predicted octanol–water partition coefficient (Wildman–Crippen LogP) is 3.84. The van der Waals surface area contributed by atoms with E-state index in [9.17, 15) is 0 Å². The Bertz CT molecular complexity index is 339. The highest BCUT2D eigenvalue weighted by Gasteiger charge is 2.09. The highest BCUT2D eigenvalue weighted by Crippen LogP contribution is 2.30. The summed E-state index contributed by atoms with van der Waals surface area (Å²) in [6.07, 6.45) is 8.02. The number of thioether (sulfide) groups is 1. The number of aryl methyl sites for hydroxylation is 1. The van der Waals surface area contributed by atoms with Crippen molar-refractivity contribution >= 4 is 11.8 Å². The van der Waals surface area contributed by atoms with Gasteiger partial charge in [0, 0.05) is 4.90 Å². The largest absolute Gasteiger partial charge is 0.126 e. The summed E-state index contributed by atoms with van der Waals surface area (Å²) in [5.74, 6) is 1.29. The molecule has 0 saturated carbocycles. The van der Waals surface area contributed by atoms with Gasteiger partial charge < -0.3 is 0 Å². The van der Waals surface area contributed by atoms with E-state index in [1.807, 2.05) is 11.8 Å². The van der Waals surface area contributed by atoms with Crippen LogP contribution in [0, 0.1) is 0 Å². The number of benzene rings is 1. The van der Waals surface area contributed by atoms with Crippen molar-refractivity contribution in [3.63, 3.8) is 0 Å². The Morgan fingerprint density at radius 2 is 2.36 bits per heavy atom. The van der Waals surface area contributed by atoms with Crippen LogP contribution in [0.3, 0.4) is 0 Å². The second-order valence-corrected chi connectivity index (χ2v) is 4.80. The topological polar surface area (TPSA) is 0 Å². The second-order valence-electron chi connectivity index (χ2n) is 3.67. The van der Waals surface area contributed by atoms with Crippen LogP contribution in [0.15, 0.2) is 35.2 Å². The first-order chi connectivity index (χ1) is 6.90. The normalized spacial score (nSPS) is 15.8. The smallest absolute Gasteiger partial charge is 0.0104 e. The zero-order valence-electron chi connectivity index (χ0n) is 8.62. The standard InChI is InChI=1S/C13H16S/c1-2-3-5-11-7-8-13-12(10-11)6-4-9-14-13/h2-3,7-8,10H,4-6,9H2,1H3/b3-2-. The van der Waals surface area contributed by atoms with Gasteiger partial charge in [-0.25, -0.2) is 0 Å². The molecule has 0 radical (unpaired) electrons. The molecule has 1 aromatic rings. The Balaban J connectivity index is 2.20. The van der Waals surface area contributed by atoms with Gasteiger partial charge in [-0.15, -0.1) is 11.8 Å². The van der Waals surface area contributed by atoms with E-state index >= 15 is 0 Å². The number of fused-ring (bicyclic) bond motifs is 1. The van der Waals surface area contributed by atoms with Crippen molar-refractivity contribution in [2.45, 2.75) is 31.1 Å². The van der Waals surface area contributed by atoms with Gasteiger partial charge in [-0.3, -0.25) is 0 Å². The summed E-state index contributed by atoms with van der Waals surface area (Å²) >= 11 is 2.00. The average Bonchev–Trinajstić information content (AvgIpc) is 2.26. The van der Waals surface area contributed by atoms with Crippen molar-refractivity contribution in [3.05, 3.63) is 41.5 Å². The molecular formula is C13H16S. The molecule has 0 fully saturated rings. The van der Waals surface area contributed by atoms with Crippen molar-refractivity contribution in [2.75, 3.05) is 5.75 Å². The molecule has 74 valence electrons. The quantitative estimate of drug-likeness (QED) is 0.659. The Labute approximate surface area is 90.4 Å². The lowest BCUT2D eigenvalue weighted by Crippen LogP contribution is -1.99. The summed E-state index contributed by atoms with van der Waals surface area (Å²) in [6.45, 7) is 2.08. The minimum absolute atomic E-state index is 1.08. The number of allylic oxidation sites excluding steroid dienone is 2. The Kier molecular flexibility index (Phi) is 3.30. The molecule has 0 N–H and O–H groups in total. The highest BCUT2D eigenvalue weighted by molar-refractivity contribution is 7.99. The fourth-order valence-corrected chi connectivity index (χ4v) is 2.81. The number of hydrogen-bond donors (Lipinski definition) is 0. The Morgan fingerprint density at radius 3 is 3.21 bits per heavy atom. The molecule has 1 aliphatic rings. The Morgan fingerprint density at radius 1 is 1.43 bits per heavy atom. The van der Waals surface area contributed by atoms with E-state index in [4.69, 9.17) is 0 Å². The van der Waals surface area contributed by atoms with Crippen molar-refractivity contribution in [2.24, 2.45) is 0 Å². The molecule has 0 nitrogen and oxygen atoms in total. The molecule has 1 heterocycles. The molecule has 2 rings (SSSR count). The van der Waals surface area contributed by atoms with Gasteiger partial charge in [-0.1, -0.05) is 24.3 Å². The van der Waals surface area contributed by atoms with Gasteiger partial charge >= 0.3 is 0 Å². The van der Waals surface area contributed by atoms with Crippen molar-refractivity contribution in [1.82, 2.24) is 0 Å². The summed E-state index contributed by atoms with van der Waals surface area (Å²) < 4.78 is 0. The van der Waals surface area contributed by atoms with E-state index < -0.39 is 0 Å². The fourth-order valence-electron chi connectivity index (χ4n) is 1.79. The minimum Gasteiger partial charge on any atom is -0.126 e. The van der Waals surface area contributed by atoms with Crippen LogP contribution in [-0.2, 0) is 12.8 Å². The van der Waals surface area contributed by atoms with Crippen LogP contribution in [0.25, 0.3) is 0 Å². The van der Waals surface area contributed by atoms with Gasteiger partial charge in [0.25, 0.3) is 0 Å². The third-order valence-electron chi connectivity index (χ3n) is 2.56. The van der Waals surface area contributed by atoms with Crippen LogP contribution in [0.5, 0.6) is 0 Å². The SMILES string of the molecule is C/C=C\Cc1ccc2c(c1)CCCS2. The summed E-state index contributed by atoms with van der Waals surface area (Å²) in [5.41, 5.74) is 3.01. The lowest BCUT2D eigenvalue weighted by Gasteiger charge is -2.15. The van der Waals surface area contributed by atoms with Crippen LogP contribution in [0.2, 0.25) is 0 Å². The molecule has 0 unspecified atom stereocenters. The van der Waals surface area contributed by atoms with Crippen LogP contribution in [-0.4, -0.2) is 5.75 Å². The lowest BCUT2D eigenvalue weighted by molar-refractivity contribution is 0.886. The first kappa shape index (κ1) is 9.85. The van der Waals surface area contributed by atoms with Crippen molar-refractivity contribution < 1.29 is 0 Å². The van der Waals surface area contributed by atoms with Gasteiger partial charge in [0.05, 0.1) is 0 Å². The molecule has 0 aliphatic carbocycles. The molecular weight excluding hydrogens is 188 g/mol.